The molecular formula is C12H17N3O2. The average Bonchev–Trinajstić information content (AvgIpc) is 2.37. The summed E-state index contributed by atoms with van der Waals surface area (Å²) >= 11 is 0. The SMILES string of the molecule is CCC(CO)(CO)Nc1ccc(N)cc1C#N. The van der Waals surface area contributed by atoms with Crippen LogP contribution in [0.25, 0.3) is 0 Å². The number of nitrogens with two attached hydrogens (primary N) is 1. The fourth-order valence-corrected chi connectivity index (χ4v) is 1.49. The van der Waals surface area contributed by atoms with E-state index in [0.29, 0.717) is 23.4 Å². The maximum atomic E-state index is 9.33. The van der Waals surface area contributed by atoms with E-state index in [1.165, 1.54) is 0 Å². The Labute approximate surface area is 100 Å². The molecule has 1 aromatic rings. The highest BCUT2D eigenvalue weighted by atomic mass is 16.3. The Kier molecular flexibility index (Phi) is 4.32. The average molecular weight is 235 g/mol. The Balaban J connectivity index is 3.06. The smallest absolute Gasteiger partial charge is 0.101 e. The zero-order valence-corrected chi connectivity index (χ0v) is 9.77. The number of hydrogen-bond acceptors (Lipinski definition) is 5. The van der Waals surface area contributed by atoms with E-state index in [1.54, 1.807) is 18.2 Å². The van der Waals surface area contributed by atoms with Gasteiger partial charge in [-0.05, 0) is 24.6 Å². The summed E-state index contributed by atoms with van der Waals surface area (Å²) in [7, 11) is 0. The molecule has 92 valence electrons. The molecule has 0 saturated heterocycles. The lowest BCUT2D eigenvalue weighted by atomic mass is 9.97. The molecule has 0 aliphatic carbocycles. The standard InChI is InChI=1S/C12H17N3O2/c1-2-12(7-16,8-17)15-11-4-3-10(14)5-9(11)6-13/h3-5,15-17H,2,7-8,14H2,1H3. The number of aliphatic hydroxyl groups is 2. The maximum Gasteiger partial charge on any atom is 0.101 e. The van der Waals surface area contributed by atoms with Crippen LogP contribution in [0.3, 0.4) is 0 Å². The number of hydrogen-bond donors (Lipinski definition) is 4. The molecule has 5 nitrogen and oxygen atoms in total. The molecule has 0 spiro atoms. The second-order valence-electron chi connectivity index (χ2n) is 3.99. The van der Waals surface area contributed by atoms with Gasteiger partial charge < -0.3 is 21.3 Å². The summed E-state index contributed by atoms with van der Waals surface area (Å²) in [6, 6.07) is 6.91. The molecule has 0 aliphatic heterocycles. The van der Waals surface area contributed by atoms with Crippen molar-refractivity contribution in [3.8, 4) is 6.07 Å². The molecule has 0 aliphatic rings. The van der Waals surface area contributed by atoms with Crippen LogP contribution < -0.4 is 11.1 Å². The molecule has 1 aromatic carbocycles. The molecule has 0 amide bonds. The van der Waals surface area contributed by atoms with E-state index in [1.807, 2.05) is 13.0 Å². The quantitative estimate of drug-likeness (QED) is 0.562. The minimum Gasteiger partial charge on any atom is -0.399 e. The second-order valence-corrected chi connectivity index (χ2v) is 3.99. The second kappa shape index (κ2) is 5.53. The molecule has 0 radical (unpaired) electrons. The molecule has 0 unspecified atom stereocenters. The number of rotatable bonds is 5. The van der Waals surface area contributed by atoms with Crippen molar-refractivity contribution in [3.05, 3.63) is 23.8 Å². The number of benzene rings is 1. The molecule has 0 atom stereocenters. The lowest BCUT2D eigenvalue weighted by molar-refractivity contribution is 0.132. The van der Waals surface area contributed by atoms with Gasteiger partial charge in [0.25, 0.3) is 0 Å². The molecule has 1 rings (SSSR count). The third-order valence-corrected chi connectivity index (χ3v) is 2.85. The molecule has 0 fully saturated rings. The topological polar surface area (TPSA) is 102 Å². The van der Waals surface area contributed by atoms with Crippen molar-refractivity contribution in [2.45, 2.75) is 18.9 Å². The van der Waals surface area contributed by atoms with E-state index in [9.17, 15) is 10.2 Å². The largest absolute Gasteiger partial charge is 0.399 e. The van der Waals surface area contributed by atoms with Crippen molar-refractivity contribution in [1.82, 2.24) is 0 Å². The highest BCUT2D eigenvalue weighted by Gasteiger charge is 2.27. The van der Waals surface area contributed by atoms with Crippen molar-refractivity contribution in [2.75, 3.05) is 24.3 Å². The number of nitrogens with zero attached hydrogens (tertiary/aromatic N) is 1. The summed E-state index contributed by atoms with van der Waals surface area (Å²) in [6.07, 6.45) is 0.537. The summed E-state index contributed by atoms with van der Waals surface area (Å²) in [5, 5.41) is 30.6. The fourth-order valence-electron chi connectivity index (χ4n) is 1.49. The predicted molar refractivity (Wildman–Crippen MR) is 66.4 cm³/mol. The minimum absolute atomic E-state index is 0.213. The van der Waals surface area contributed by atoms with Crippen molar-refractivity contribution in [1.29, 1.82) is 5.26 Å². The zero-order valence-electron chi connectivity index (χ0n) is 9.77. The first-order chi connectivity index (χ1) is 8.10. The van der Waals surface area contributed by atoms with Gasteiger partial charge in [-0.25, -0.2) is 0 Å². The van der Waals surface area contributed by atoms with Crippen LogP contribution in [0.1, 0.15) is 18.9 Å². The Morgan fingerprint density at radius 3 is 2.53 bits per heavy atom. The molecular weight excluding hydrogens is 218 g/mol. The number of aliphatic hydroxyl groups excluding tert-OH is 2. The van der Waals surface area contributed by atoms with Gasteiger partial charge in [0.05, 0.1) is 30.0 Å². The number of nitriles is 1. The Bertz CT molecular complexity index is 414. The van der Waals surface area contributed by atoms with Crippen molar-refractivity contribution in [3.63, 3.8) is 0 Å². The van der Waals surface area contributed by atoms with Gasteiger partial charge in [0.2, 0.25) is 0 Å². The van der Waals surface area contributed by atoms with E-state index < -0.39 is 5.54 Å². The Morgan fingerprint density at radius 1 is 1.41 bits per heavy atom. The van der Waals surface area contributed by atoms with Crippen molar-refractivity contribution >= 4 is 11.4 Å². The van der Waals surface area contributed by atoms with Crippen LogP contribution in [0, 0.1) is 11.3 Å². The van der Waals surface area contributed by atoms with Crippen molar-refractivity contribution in [2.24, 2.45) is 0 Å². The first-order valence-electron chi connectivity index (χ1n) is 5.40. The Hall–Kier alpha value is -1.77. The Morgan fingerprint density at radius 2 is 2.06 bits per heavy atom. The monoisotopic (exact) mass is 235 g/mol. The summed E-state index contributed by atoms with van der Waals surface area (Å²) in [5.41, 5.74) is 6.23. The van der Waals surface area contributed by atoms with E-state index in [4.69, 9.17) is 11.0 Å². The van der Waals surface area contributed by atoms with Gasteiger partial charge in [0.1, 0.15) is 6.07 Å². The van der Waals surface area contributed by atoms with Crippen LogP contribution in [-0.4, -0.2) is 29.0 Å². The highest BCUT2D eigenvalue weighted by molar-refractivity contribution is 5.63. The van der Waals surface area contributed by atoms with Crippen LogP contribution in [0.4, 0.5) is 11.4 Å². The lowest BCUT2D eigenvalue weighted by Crippen LogP contribution is -2.45. The molecule has 0 saturated carbocycles. The third-order valence-electron chi connectivity index (χ3n) is 2.85. The number of anilines is 2. The molecule has 5 heteroatoms. The fraction of sp³-hybridized carbons (Fsp3) is 0.417. The van der Waals surface area contributed by atoms with Gasteiger partial charge in [-0.2, -0.15) is 5.26 Å². The van der Waals surface area contributed by atoms with Gasteiger partial charge in [-0.15, -0.1) is 0 Å². The van der Waals surface area contributed by atoms with Gasteiger partial charge >= 0.3 is 0 Å². The minimum atomic E-state index is -0.818. The lowest BCUT2D eigenvalue weighted by Gasteiger charge is -2.31. The van der Waals surface area contributed by atoms with Gasteiger partial charge in [0.15, 0.2) is 0 Å². The van der Waals surface area contributed by atoms with Crippen LogP contribution in [0.15, 0.2) is 18.2 Å². The summed E-state index contributed by atoms with van der Waals surface area (Å²) in [6.45, 7) is 1.42. The molecule has 17 heavy (non-hydrogen) atoms. The van der Waals surface area contributed by atoms with Crippen LogP contribution >= 0.6 is 0 Å². The van der Waals surface area contributed by atoms with Crippen molar-refractivity contribution < 1.29 is 10.2 Å². The molecule has 0 bridgehead atoms. The van der Waals surface area contributed by atoms with Gasteiger partial charge in [-0.1, -0.05) is 6.92 Å². The predicted octanol–water partition coefficient (Wildman–Crippen LogP) is 0.686. The summed E-state index contributed by atoms with van der Waals surface area (Å²) < 4.78 is 0. The first-order valence-corrected chi connectivity index (χ1v) is 5.40. The van der Waals surface area contributed by atoms with Crippen LogP contribution in [0.5, 0.6) is 0 Å². The van der Waals surface area contributed by atoms with Gasteiger partial charge in [0, 0.05) is 5.69 Å². The van der Waals surface area contributed by atoms with Crippen LogP contribution in [-0.2, 0) is 0 Å². The molecule has 0 heterocycles. The highest BCUT2D eigenvalue weighted by Crippen LogP contribution is 2.23. The third kappa shape index (κ3) is 2.87. The van der Waals surface area contributed by atoms with E-state index >= 15 is 0 Å². The first kappa shape index (κ1) is 13.3. The summed E-state index contributed by atoms with van der Waals surface area (Å²) in [5.74, 6) is 0. The normalized spacial score (nSPS) is 10.9. The van der Waals surface area contributed by atoms with Crippen LogP contribution in [0.2, 0.25) is 0 Å². The van der Waals surface area contributed by atoms with E-state index in [-0.39, 0.29) is 13.2 Å². The number of nitrogen functional groups attached to an aromatic ring is 1. The van der Waals surface area contributed by atoms with Gasteiger partial charge in [-0.3, -0.25) is 0 Å². The summed E-state index contributed by atoms with van der Waals surface area (Å²) in [4.78, 5) is 0. The molecule has 5 N–H and O–H groups in total. The number of nitrogens with one attached hydrogen (secondary N) is 1. The molecule has 0 aromatic heterocycles. The zero-order chi connectivity index (χ0) is 12.9. The van der Waals surface area contributed by atoms with E-state index in [2.05, 4.69) is 5.32 Å². The maximum absolute atomic E-state index is 9.33. The van der Waals surface area contributed by atoms with E-state index in [0.717, 1.165) is 0 Å².